The number of carboxylic acids is 1. The molecule has 0 bridgehead atoms. The van der Waals surface area contributed by atoms with E-state index in [1.54, 1.807) is 0 Å². The van der Waals surface area contributed by atoms with E-state index in [-0.39, 0.29) is 0 Å². The van der Waals surface area contributed by atoms with Gasteiger partial charge >= 0.3 is 5.97 Å². The highest BCUT2D eigenvalue weighted by molar-refractivity contribution is 5.73. The standard InChI is InChI=1S/C18H30O17/c19-1-3-13(9(24)10(25)16(30)32-3)34-18-12(27)6(21)5(20)4(33-18)2-31-17-11(26)7(22)8(23)14(35-17)15(28)29/h3-14,16-27,30H,1-2H2,(H,28,29)/t3-,4-,5-,6+,7+,8+,9-,10-,11-,12-,13-,14+,16?,17-,18+/m1/s1. The van der Waals surface area contributed by atoms with E-state index in [0.29, 0.717) is 0 Å². The van der Waals surface area contributed by atoms with E-state index in [0.717, 1.165) is 0 Å². The molecular formula is C18H30O17. The third-order valence-electron chi connectivity index (χ3n) is 6.04. The van der Waals surface area contributed by atoms with Crippen molar-refractivity contribution in [2.75, 3.05) is 13.2 Å². The fourth-order valence-electron chi connectivity index (χ4n) is 3.94. The minimum atomic E-state index is -1.97. The first-order chi connectivity index (χ1) is 16.4. The third-order valence-corrected chi connectivity index (χ3v) is 6.04. The van der Waals surface area contributed by atoms with Gasteiger partial charge in [0.25, 0.3) is 0 Å². The van der Waals surface area contributed by atoms with Gasteiger partial charge < -0.3 is 79.9 Å². The van der Waals surface area contributed by atoms with Crippen LogP contribution in [-0.2, 0) is 28.5 Å². The smallest absolute Gasteiger partial charge is 0.335 e. The molecule has 0 radical (unpaired) electrons. The number of aliphatic carboxylic acids is 1. The van der Waals surface area contributed by atoms with Crippen LogP contribution in [-0.4, -0.2) is 167 Å². The molecule has 11 N–H and O–H groups in total. The summed E-state index contributed by atoms with van der Waals surface area (Å²) in [5.41, 5.74) is 0. The van der Waals surface area contributed by atoms with E-state index in [2.05, 4.69) is 0 Å². The van der Waals surface area contributed by atoms with Gasteiger partial charge in [0.05, 0.1) is 13.2 Å². The van der Waals surface area contributed by atoms with Crippen LogP contribution in [0.3, 0.4) is 0 Å². The predicted octanol–water partition coefficient (Wildman–Crippen LogP) is -7.48. The SMILES string of the molecule is O=C(O)[C@H]1O[C@@H](OC[C@H]2O[C@@H](O[C@H]3[C@H](O)[C@@H](O)C(O)O[C@@H]3CO)[C@H](O)[C@@H](O)[C@@H]2O)[C@H](O)[C@@H](O)[C@@H]1O. The summed E-state index contributed by atoms with van der Waals surface area (Å²) in [4.78, 5) is 11.2. The van der Waals surface area contributed by atoms with Crippen LogP contribution in [0.2, 0.25) is 0 Å². The number of aliphatic hydroxyl groups is 10. The van der Waals surface area contributed by atoms with Gasteiger partial charge in [0.2, 0.25) is 0 Å². The highest BCUT2D eigenvalue weighted by Crippen LogP contribution is 2.30. The van der Waals surface area contributed by atoms with Gasteiger partial charge in [-0.3, -0.25) is 0 Å². The second-order valence-corrected chi connectivity index (χ2v) is 8.41. The minimum absolute atomic E-state index is 0.726. The molecule has 3 aliphatic heterocycles. The Morgan fingerprint density at radius 2 is 1.26 bits per heavy atom. The predicted molar refractivity (Wildman–Crippen MR) is 102 cm³/mol. The van der Waals surface area contributed by atoms with Crippen molar-refractivity contribution in [2.45, 2.75) is 92.1 Å². The second kappa shape index (κ2) is 11.5. The van der Waals surface area contributed by atoms with E-state index in [4.69, 9.17) is 28.8 Å². The lowest BCUT2D eigenvalue weighted by Crippen LogP contribution is -2.65. The molecule has 3 aliphatic rings. The Kier molecular flexibility index (Phi) is 9.35. The van der Waals surface area contributed by atoms with E-state index in [1.165, 1.54) is 0 Å². The van der Waals surface area contributed by atoms with Crippen LogP contribution in [0.1, 0.15) is 0 Å². The Balaban J connectivity index is 1.68. The van der Waals surface area contributed by atoms with Gasteiger partial charge in [-0.25, -0.2) is 4.79 Å². The molecule has 0 spiro atoms. The zero-order chi connectivity index (χ0) is 26.2. The van der Waals surface area contributed by atoms with Gasteiger partial charge in [0.15, 0.2) is 25.0 Å². The van der Waals surface area contributed by atoms with Crippen molar-refractivity contribution in [1.29, 1.82) is 0 Å². The molecule has 15 atom stereocenters. The first-order valence-electron chi connectivity index (χ1n) is 10.6. The van der Waals surface area contributed by atoms with Crippen LogP contribution in [0, 0.1) is 0 Å². The molecule has 0 aromatic heterocycles. The van der Waals surface area contributed by atoms with Crippen LogP contribution in [0.5, 0.6) is 0 Å². The van der Waals surface area contributed by atoms with E-state index in [9.17, 15) is 55.9 Å². The van der Waals surface area contributed by atoms with E-state index in [1.807, 2.05) is 0 Å². The molecular weight excluding hydrogens is 488 g/mol. The fourth-order valence-corrected chi connectivity index (χ4v) is 3.94. The maximum absolute atomic E-state index is 11.2. The number of carboxylic acid groups (broad SMARTS) is 1. The molecule has 17 nitrogen and oxygen atoms in total. The quantitative estimate of drug-likeness (QED) is 0.149. The fraction of sp³-hybridized carbons (Fsp3) is 0.944. The van der Waals surface area contributed by atoms with Crippen molar-refractivity contribution in [2.24, 2.45) is 0 Å². The molecule has 3 heterocycles. The largest absolute Gasteiger partial charge is 0.479 e. The number of hydrogen-bond donors (Lipinski definition) is 11. The number of hydrogen-bond acceptors (Lipinski definition) is 16. The Labute approximate surface area is 196 Å². The average molecular weight is 518 g/mol. The molecule has 17 heteroatoms. The van der Waals surface area contributed by atoms with Gasteiger partial charge in [-0.1, -0.05) is 0 Å². The second-order valence-electron chi connectivity index (χ2n) is 8.41. The summed E-state index contributed by atoms with van der Waals surface area (Å²) in [5, 5.41) is 108. The summed E-state index contributed by atoms with van der Waals surface area (Å²) in [7, 11) is 0. The number of aliphatic hydroxyl groups excluding tert-OH is 10. The van der Waals surface area contributed by atoms with E-state index < -0.39 is 111 Å². The maximum atomic E-state index is 11.2. The molecule has 0 aromatic carbocycles. The van der Waals surface area contributed by atoms with Gasteiger partial charge in [0.1, 0.15) is 67.1 Å². The first kappa shape index (κ1) is 28.4. The van der Waals surface area contributed by atoms with E-state index >= 15 is 0 Å². The van der Waals surface area contributed by atoms with Gasteiger partial charge in [-0.2, -0.15) is 0 Å². The van der Waals surface area contributed by atoms with Crippen molar-refractivity contribution in [3.8, 4) is 0 Å². The lowest BCUT2D eigenvalue weighted by atomic mass is 9.97. The van der Waals surface area contributed by atoms with Crippen LogP contribution in [0.25, 0.3) is 0 Å². The molecule has 0 saturated carbocycles. The summed E-state index contributed by atoms with van der Waals surface area (Å²) >= 11 is 0. The Morgan fingerprint density at radius 1 is 0.657 bits per heavy atom. The zero-order valence-corrected chi connectivity index (χ0v) is 17.9. The molecule has 0 aromatic rings. The van der Waals surface area contributed by atoms with Gasteiger partial charge in [-0.05, 0) is 0 Å². The van der Waals surface area contributed by atoms with Crippen LogP contribution >= 0.6 is 0 Å². The number of ether oxygens (including phenoxy) is 5. The summed E-state index contributed by atoms with van der Waals surface area (Å²) < 4.78 is 25.8. The van der Waals surface area contributed by atoms with Gasteiger partial charge in [-0.15, -0.1) is 0 Å². The third kappa shape index (κ3) is 5.74. The molecule has 204 valence electrons. The molecule has 0 aliphatic carbocycles. The minimum Gasteiger partial charge on any atom is -0.479 e. The number of rotatable bonds is 7. The van der Waals surface area contributed by atoms with Crippen molar-refractivity contribution < 1.29 is 84.7 Å². The Bertz CT molecular complexity index is 709. The zero-order valence-electron chi connectivity index (χ0n) is 17.9. The molecule has 1 unspecified atom stereocenters. The lowest BCUT2D eigenvalue weighted by Gasteiger charge is -2.45. The average Bonchev–Trinajstić information content (AvgIpc) is 2.82. The van der Waals surface area contributed by atoms with Crippen molar-refractivity contribution in [3.63, 3.8) is 0 Å². The lowest BCUT2D eigenvalue weighted by molar-refractivity contribution is -0.361. The van der Waals surface area contributed by atoms with Crippen molar-refractivity contribution in [1.82, 2.24) is 0 Å². The molecule has 3 fully saturated rings. The summed E-state index contributed by atoms with van der Waals surface area (Å²) in [6, 6.07) is 0. The highest BCUT2D eigenvalue weighted by Gasteiger charge is 2.51. The molecule has 35 heavy (non-hydrogen) atoms. The van der Waals surface area contributed by atoms with Crippen LogP contribution in [0.15, 0.2) is 0 Å². The van der Waals surface area contributed by atoms with Gasteiger partial charge in [0, 0.05) is 0 Å². The number of carbonyl (C=O) groups is 1. The Hall–Kier alpha value is -1.13. The summed E-state index contributed by atoms with van der Waals surface area (Å²) in [6.07, 6.45) is -27.0. The first-order valence-corrected chi connectivity index (χ1v) is 10.6. The normalized spacial score (nSPS) is 51.2. The summed E-state index contributed by atoms with van der Waals surface area (Å²) in [6.45, 7) is -1.52. The maximum Gasteiger partial charge on any atom is 0.335 e. The summed E-state index contributed by atoms with van der Waals surface area (Å²) in [5.74, 6) is -1.66. The molecule has 3 saturated heterocycles. The van der Waals surface area contributed by atoms with Crippen molar-refractivity contribution in [3.05, 3.63) is 0 Å². The van der Waals surface area contributed by atoms with Crippen LogP contribution in [0.4, 0.5) is 0 Å². The monoisotopic (exact) mass is 518 g/mol. The highest BCUT2D eigenvalue weighted by atomic mass is 16.7. The molecule has 3 rings (SSSR count). The molecule has 0 amide bonds. The Morgan fingerprint density at radius 3 is 1.86 bits per heavy atom. The van der Waals surface area contributed by atoms with Crippen molar-refractivity contribution >= 4 is 5.97 Å². The topological polar surface area (TPSA) is 286 Å². The van der Waals surface area contributed by atoms with Crippen LogP contribution < -0.4 is 0 Å².